The Labute approximate surface area is 238 Å². The van der Waals surface area contributed by atoms with Crippen LogP contribution in [-0.4, -0.2) is 57.5 Å². The maximum Gasteiger partial charge on any atom is 0.170 e. The second-order valence-electron chi connectivity index (χ2n) is 16.5. The summed E-state index contributed by atoms with van der Waals surface area (Å²) < 4.78 is 25.7. The molecule has 39 heavy (non-hydrogen) atoms. The number of rotatable bonds is 5. The lowest BCUT2D eigenvalue weighted by atomic mass is 9.42. The van der Waals surface area contributed by atoms with E-state index in [1.165, 1.54) is 64.2 Å². The lowest BCUT2D eigenvalue weighted by Gasteiger charge is -2.63. The van der Waals surface area contributed by atoms with Crippen LogP contribution in [-0.2, 0) is 18.9 Å². The molecule has 0 aromatic heterocycles. The third-order valence-electron chi connectivity index (χ3n) is 14.8. The van der Waals surface area contributed by atoms with Gasteiger partial charge in [0.15, 0.2) is 6.29 Å². The first-order valence-electron chi connectivity index (χ1n) is 16.7. The Morgan fingerprint density at radius 2 is 1.64 bits per heavy atom. The van der Waals surface area contributed by atoms with E-state index in [-0.39, 0.29) is 23.9 Å². The van der Waals surface area contributed by atoms with Crippen LogP contribution in [0, 0.1) is 50.7 Å². The molecule has 5 nitrogen and oxygen atoms in total. The lowest BCUT2D eigenvalue weighted by molar-refractivity contribution is -0.234. The molecule has 2 aliphatic heterocycles. The van der Waals surface area contributed by atoms with Gasteiger partial charge in [-0.15, -0.1) is 0 Å². The summed E-state index contributed by atoms with van der Waals surface area (Å²) in [7, 11) is 1.88. The summed E-state index contributed by atoms with van der Waals surface area (Å²) in [5.74, 6) is 2.86. The van der Waals surface area contributed by atoms with E-state index >= 15 is 0 Å². The minimum absolute atomic E-state index is 0.0741. The fourth-order valence-electron chi connectivity index (χ4n) is 12.9. The smallest absolute Gasteiger partial charge is 0.170 e. The van der Waals surface area contributed by atoms with Gasteiger partial charge in [-0.05, 0) is 115 Å². The minimum atomic E-state index is -0.0741. The van der Waals surface area contributed by atoms with E-state index in [4.69, 9.17) is 18.9 Å². The molecule has 2 heterocycles. The molecule has 222 valence electrons. The monoisotopic (exact) mass is 543 g/mol. The van der Waals surface area contributed by atoms with E-state index in [1.807, 2.05) is 7.11 Å². The third kappa shape index (κ3) is 3.61. The zero-order valence-electron chi connectivity index (χ0n) is 26.0. The Morgan fingerprint density at radius 1 is 0.872 bits per heavy atom. The van der Waals surface area contributed by atoms with Crippen molar-refractivity contribution in [2.24, 2.45) is 50.7 Å². The van der Waals surface area contributed by atoms with Crippen molar-refractivity contribution in [3.8, 4) is 0 Å². The van der Waals surface area contributed by atoms with Gasteiger partial charge < -0.3 is 24.3 Å². The second-order valence-corrected chi connectivity index (χ2v) is 16.5. The van der Waals surface area contributed by atoms with Crippen LogP contribution in [0.25, 0.3) is 0 Å². The fourth-order valence-corrected chi connectivity index (χ4v) is 12.9. The molecule has 7 fully saturated rings. The molecule has 7 rings (SSSR count). The first kappa shape index (κ1) is 27.6. The number of nitrogens with one attached hydrogen (secondary N) is 1. The summed E-state index contributed by atoms with van der Waals surface area (Å²) in [6.45, 7) is 17.6. The molecule has 0 aromatic rings. The molecule has 5 heteroatoms. The van der Waals surface area contributed by atoms with Crippen LogP contribution < -0.4 is 5.32 Å². The Bertz CT molecular complexity index is 947. The summed E-state index contributed by atoms with van der Waals surface area (Å²) in [6.07, 6.45) is 14.6. The highest BCUT2D eigenvalue weighted by Gasteiger charge is 2.83. The van der Waals surface area contributed by atoms with E-state index in [0.717, 1.165) is 37.5 Å². The SMILES string of the molecule is COC(C(C)C)C1CCC2C(C[C@@]3(C)C4CCC5C(C)(C)C(OC6CNCCO6)CCC56CC46CCC23C)O1. The van der Waals surface area contributed by atoms with Crippen LogP contribution in [0.5, 0.6) is 0 Å². The molecule has 5 saturated carbocycles. The molecule has 0 aromatic carbocycles. The first-order chi connectivity index (χ1) is 18.5. The summed E-state index contributed by atoms with van der Waals surface area (Å²) >= 11 is 0. The second kappa shape index (κ2) is 9.15. The van der Waals surface area contributed by atoms with Crippen molar-refractivity contribution in [1.82, 2.24) is 5.32 Å². The zero-order chi connectivity index (χ0) is 27.4. The first-order valence-corrected chi connectivity index (χ1v) is 16.7. The molecule has 5 aliphatic carbocycles. The van der Waals surface area contributed by atoms with Crippen molar-refractivity contribution in [3.05, 3.63) is 0 Å². The Morgan fingerprint density at radius 3 is 2.36 bits per heavy atom. The molecule has 1 N–H and O–H groups in total. The largest absolute Gasteiger partial charge is 0.378 e. The zero-order valence-corrected chi connectivity index (χ0v) is 26.0. The number of fused-ring (bicyclic) bond motifs is 4. The highest BCUT2D eigenvalue weighted by molar-refractivity contribution is 5.31. The van der Waals surface area contributed by atoms with Crippen LogP contribution in [0.15, 0.2) is 0 Å². The highest BCUT2D eigenvalue weighted by atomic mass is 16.7. The van der Waals surface area contributed by atoms with Crippen LogP contribution in [0.1, 0.15) is 106 Å². The van der Waals surface area contributed by atoms with Crippen molar-refractivity contribution in [3.63, 3.8) is 0 Å². The summed E-state index contributed by atoms with van der Waals surface area (Å²) in [5, 5.41) is 3.46. The van der Waals surface area contributed by atoms with Gasteiger partial charge in [0.25, 0.3) is 0 Å². The van der Waals surface area contributed by atoms with Crippen molar-refractivity contribution >= 4 is 0 Å². The van der Waals surface area contributed by atoms with E-state index in [0.29, 0.717) is 39.8 Å². The Balaban J connectivity index is 1.12. The maximum atomic E-state index is 7.04. The predicted molar refractivity (Wildman–Crippen MR) is 153 cm³/mol. The molecule has 0 amide bonds. The summed E-state index contributed by atoms with van der Waals surface area (Å²) in [5.41, 5.74) is 2.13. The van der Waals surface area contributed by atoms with Crippen LogP contribution >= 0.6 is 0 Å². The van der Waals surface area contributed by atoms with Gasteiger partial charge in [0.05, 0.1) is 31.0 Å². The highest BCUT2D eigenvalue weighted by Crippen LogP contribution is 2.89. The van der Waals surface area contributed by atoms with Crippen molar-refractivity contribution in [1.29, 1.82) is 0 Å². The average Bonchev–Trinajstić information content (AvgIpc) is 3.50. The molecule has 12 atom stereocenters. The quantitative estimate of drug-likeness (QED) is 0.424. The Hall–Kier alpha value is -0.200. The molecular formula is C34H57NO4. The van der Waals surface area contributed by atoms with Crippen molar-refractivity contribution < 1.29 is 18.9 Å². The van der Waals surface area contributed by atoms with Gasteiger partial charge in [0, 0.05) is 20.2 Å². The molecule has 11 unspecified atom stereocenters. The topological polar surface area (TPSA) is 49.0 Å². The van der Waals surface area contributed by atoms with Gasteiger partial charge in [-0.3, -0.25) is 0 Å². The minimum Gasteiger partial charge on any atom is -0.378 e. The van der Waals surface area contributed by atoms with Crippen molar-refractivity contribution in [2.75, 3.05) is 26.8 Å². The van der Waals surface area contributed by atoms with Crippen molar-refractivity contribution in [2.45, 2.75) is 136 Å². The third-order valence-corrected chi connectivity index (χ3v) is 14.8. The molecular weight excluding hydrogens is 486 g/mol. The van der Waals surface area contributed by atoms with Gasteiger partial charge in [-0.2, -0.15) is 0 Å². The average molecular weight is 544 g/mol. The van der Waals surface area contributed by atoms with Gasteiger partial charge in [-0.1, -0.05) is 41.5 Å². The van der Waals surface area contributed by atoms with Gasteiger partial charge in [0.1, 0.15) is 0 Å². The number of hydrogen-bond donors (Lipinski definition) is 1. The summed E-state index contributed by atoms with van der Waals surface area (Å²) in [4.78, 5) is 0. The Kier molecular flexibility index (Phi) is 6.48. The van der Waals surface area contributed by atoms with Crippen LogP contribution in [0.3, 0.4) is 0 Å². The van der Waals surface area contributed by atoms with E-state index < -0.39 is 0 Å². The van der Waals surface area contributed by atoms with E-state index in [2.05, 4.69) is 46.9 Å². The maximum absolute atomic E-state index is 7.04. The number of methoxy groups -OCH3 is 1. The van der Waals surface area contributed by atoms with E-state index in [1.54, 1.807) is 0 Å². The lowest BCUT2D eigenvalue weighted by Crippen LogP contribution is -2.58. The fraction of sp³-hybridized carbons (Fsp3) is 1.00. The van der Waals surface area contributed by atoms with Gasteiger partial charge in [-0.25, -0.2) is 0 Å². The number of morpholine rings is 1. The van der Waals surface area contributed by atoms with E-state index in [9.17, 15) is 0 Å². The van der Waals surface area contributed by atoms with Crippen LogP contribution in [0.4, 0.5) is 0 Å². The molecule has 2 spiro atoms. The molecule has 7 aliphatic rings. The number of ether oxygens (including phenoxy) is 4. The molecule has 0 bridgehead atoms. The normalized spacial score (nSPS) is 54.6. The predicted octanol–water partition coefficient (Wildman–Crippen LogP) is 6.59. The summed E-state index contributed by atoms with van der Waals surface area (Å²) in [6, 6.07) is 0. The standard InChI is InChI=1S/C34H57NO4/c1-21(2)29(36-7)23-9-8-22-24(38-23)18-32(6)26-11-10-25-30(3,4)27(39-28-19-35-16-17-37-28)12-13-33(25)20-34(26,33)15-14-31(22,32)5/h21-29,35H,8-20H2,1-7H3/t22?,23?,24?,25?,26?,27?,28?,29?,31?,32-,33?,34?/m0/s1. The van der Waals surface area contributed by atoms with Gasteiger partial charge >= 0.3 is 0 Å². The van der Waals surface area contributed by atoms with Gasteiger partial charge in [0.2, 0.25) is 0 Å². The molecule has 0 radical (unpaired) electrons. The number of hydrogen-bond acceptors (Lipinski definition) is 5. The molecule has 2 saturated heterocycles. The van der Waals surface area contributed by atoms with Crippen LogP contribution in [0.2, 0.25) is 0 Å².